The summed E-state index contributed by atoms with van der Waals surface area (Å²) in [6.45, 7) is 0. The van der Waals surface area contributed by atoms with E-state index in [4.69, 9.17) is 15.6 Å². The highest BCUT2D eigenvalue weighted by Gasteiger charge is 2.07. The molecule has 1 rings (SSSR count). The van der Waals surface area contributed by atoms with Crippen LogP contribution in [0.4, 0.5) is 0 Å². The second kappa shape index (κ2) is 2.72. The first-order valence-electron chi connectivity index (χ1n) is 2.82. The van der Waals surface area contributed by atoms with Crippen LogP contribution in [0.3, 0.4) is 0 Å². The van der Waals surface area contributed by atoms with Crippen LogP contribution < -0.4 is 5.56 Å². The van der Waals surface area contributed by atoms with Gasteiger partial charge in [0.05, 0.1) is 0 Å². The summed E-state index contributed by atoms with van der Waals surface area (Å²) in [5, 5.41) is 25.5. The Bertz CT molecular complexity index is 448. The summed E-state index contributed by atoms with van der Waals surface area (Å²) in [5.41, 5.74) is -1.60. The van der Waals surface area contributed by atoms with E-state index in [9.17, 15) is 4.79 Å². The Morgan fingerprint density at radius 3 is 2.58 bits per heavy atom. The van der Waals surface area contributed by atoms with Crippen molar-refractivity contribution in [2.45, 2.75) is 0 Å². The van der Waals surface area contributed by atoms with Crippen molar-refractivity contribution < 1.29 is 5.11 Å². The maximum absolute atomic E-state index is 10.8. The van der Waals surface area contributed by atoms with Gasteiger partial charge in [0.15, 0.2) is 5.69 Å². The number of hydrogen-bond donors (Lipinski definition) is 2. The Morgan fingerprint density at radius 1 is 1.42 bits per heavy atom. The quantitative estimate of drug-likeness (QED) is 0.519. The molecular weight excluding hydrogens is 160 g/mol. The number of nitrogens with one attached hydrogen (secondary N) is 1. The molecule has 6 heteroatoms. The van der Waals surface area contributed by atoms with E-state index in [1.54, 1.807) is 0 Å². The fraction of sp³-hybridized carbons (Fsp3) is 0. The molecule has 0 unspecified atom stereocenters. The van der Waals surface area contributed by atoms with E-state index in [0.29, 0.717) is 0 Å². The monoisotopic (exact) mass is 162 g/mol. The number of rotatable bonds is 0. The number of nitrogens with zero attached hydrogens (tertiary/aromatic N) is 3. The van der Waals surface area contributed by atoms with Gasteiger partial charge in [-0.05, 0) is 0 Å². The molecule has 0 amide bonds. The van der Waals surface area contributed by atoms with E-state index < -0.39 is 17.1 Å². The molecule has 0 spiro atoms. The van der Waals surface area contributed by atoms with Gasteiger partial charge in [-0.15, -0.1) is 0 Å². The van der Waals surface area contributed by atoms with E-state index >= 15 is 0 Å². The Balaban J connectivity index is 3.52. The molecular formula is C6H2N4O2. The second-order valence-electron chi connectivity index (χ2n) is 1.84. The minimum Gasteiger partial charge on any atom is -0.491 e. The van der Waals surface area contributed by atoms with E-state index in [2.05, 4.69) is 4.98 Å². The van der Waals surface area contributed by atoms with Crippen molar-refractivity contribution in [3.8, 4) is 18.0 Å². The van der Waals surface area contributed by atoms with Gasteiger partial charge in [0.1, 0.15) is 12.1 Å². The summed E-state index contributed by atoms with van der Waals surface area (Å²) in [6.07, 6.45) is 0. The normalized spacial score (nSPS) is 8.50. The Morgan fingerprint density at radius 2 is 2.08 bits per heavy atom. The second-order valence-corrected chi connectivity index (χ2v) is 1.84. The fourth-order valence-corrected chi connectivity index (χ4v) is 0.595. The van der Waals surface area contributed by atoms with Gasteiger partial charge in [-0.25, -0.2) is 0 Å². The van der Waals surface area contributed by atoms with Crippen molar-refractivity contribution in [3.05, 3.63) is 21.7 Å². The molecule has 12 heavy (non-hydrogen) atoms. The average molecular weight is 162 g/mol. The molecule has 1 heterocycles. The van der Waals surface area contributed by atoms with Crippen molar-refractivity contribution in [1.82, 2.24) is 9.97 Å². The zero-order valence-corrected chi connectivity index (χ0v) is 5.70. The summed E-state index contributed by atoms with van der Waals surface area (Å²) >= 11 is 0. The summed E-state index contributed by atoms with van der Waals surface area (Å²) in [6, 6.07) is 2.97. The molecule has 0 radical (unpaired) electrons. The average Bonchev–Trinajstić information content (AvgIpc) is 2.08. The van der Waals surface area contributed by atoms with Crippen molar-refractivity contribution in [3.63, 3.8) is 0 Å². The molecule has 0 aliphatic heterocycles. The summed E-state index contributed by atoms with van der Waals surface area (Å²) < 4.78 is 0. The molecule has 0 fully saturated rings. The molecule has 1 aromatic rings. The summed E-state index contributed by atoms with van der Waals surface area (Å²) in [4.78, 5) is 16.0. The highest BCUT2D eigenvalue weighted by atomic mass is 16.3. The first-order valence-corrected chi connectivity index (χ1v) is 2.82. The topological polar surface area (TPSA) is 114 Å². The van der Waals surface area contributed by atoms with Gasteiger partial charge in [0.25, 0.3) is 5.56 Å². The van der Waals surface area contributed by atoms with Crippen LogP contribution in [0.15, 0.2) is 4.79 Å². The van der Waals surface area contributed by atoms with E-state index in [-0.39, 0.29) is 5.69 Å². The van der Waals surface area contributed by atoms with Gasteiger partial charge in [-0.1, -0.05) is 0 Å². The van der Waals surface area contributed by atoms with Gasteiger partial charge < -0.3 is 10.1 Å². The van der Waals surface area contributed by atoms with Crippen LogP contribution in [-0.4, -0.2) is 15.1 Å². The van der Waals surface area contributed by atoms with Crippen LogP contribution >= 0.6 is 0 Å². The lowest BCUT2D eigenvalue weighted by atomic mass is 10.4. The third-order valence-corrected chi connectivity index (χ3v) is 1.11. The number of H-pyrrole nitrogens is 1. The predicted molar refractivity (Wildman–Crippen MR) is 36.0 cm³/mol. The summed E-state index contributed by atoms with van der Waals surface area (Å²) in [5.74, 6) is -0.645. The number of aromatic nitrogens is 2. The van der Waals surface area contributed by atoms with Crippen LogP contribution in [0.2, 0.25) is 0 Å². The van der Waals surface area contributed by atoms with Gasteiger partial charge in [-0.3, -0.25) is 4.79 Å². The molecule has 0 aliphatic carbocycles. The Kier molecular flexibility index (Phi) is 1.76. The van der Waals surface area contributed by atoms with Crippen LogP contribution in [0, 0.1) is 22.7 Å². The van der Waals surface area contributed by atoms with Crippen LogP contribution in [0.5, 0.6) is 5.88 Å². The maximum Gasteiger partial charge on any atom is 0.285 e. The minimum atomic E-state index is -0.785. The third kappa shape index (κ3) is 1.09. The number of hydrogen-bond acceptors (Lipinski definition) is 5. The molecule has 58 valence electrons. The Labute approximate surface area is 66.3 Å². The standard InChI is InChI=1S/C6H2N4O2/c7-1-3-5(11)10-4(2-8)6(12)9-3/h(H,9,12)(H,10,11). The van der Waals surface area contributed by atoms with Gasteiger partial charge in [0, 0.05) is 0 Å². The molecule has 0 saturated carbocycles. The molecule has 1 aromatic heterocycles. The first-order chi connectivity index (χ1) is 5.69. The maximum atomic E-state index is 10.8. The zero-order chi connectivity index (χ0) is 9.14. The van der Waals surface area contributed by atoms with Gasteiger partial charge in [0.2, 0.25) is 11.6 Å². The molecule has 0 saturated heterocycles. The highest BCUT2D eigenvalue weighted by Crippen LogP contribution is 2.05. The van der Waals surface area contributed by atoms with Gasteiger partial charge >= 0.3 is 0 Å². The lowest BCUT2D eigenvalue weighted by Crippen LogP contribution is -2.13. The zero-order valence-electron chi connectivity index (χ0n) is 5.70. The van der Waals surface area contributed by atoms with E-state index in [0.717, 1.165) is 0 Å². The largest absolute Gasteiger partial charge is 0.491 e. The lowest BCUT2D eigenvalue weighted by molar-refractivity contribution is 0.446. The molecule has 6 nitrogen and oxygen atoms in total. The van der Waals surface area contributed by atoms with Crippen LogP contribution in [0.1, 0.15) is 11.4 Å². The summed E-state index contributed by atoms with van der Waals surface area (Å²) in [7, 11) is 0. The van der Waals surface area contributed by atoms with Crippen LogP contribution in [0.25, 0.3) is 0 Å². The SMILES string of the molecule is N#Cc1[nH]c(=O)c(C#N)nc1O. The fourth-order valence-electron chi connectivity index (χ4n) is 0.595. The number of aromatic hydroxyl groups is 1. The first kappa shape index (κ1) is 7.76. The molecule has 0 aliphatic rings. The van der Waals surface area contributed by atoms with E-state index in [1.165, 1.54) is 12.1 Å². The van der Waals surface area contributed by atoms with E-state index in [1.807, 2.05) is 4.98 Å². The highest BCUT2D eigenvalue weighted by molar-refractivity contribution is 5.32. The molecule has 0 bridgehead atoms. The van der Waals surface area contributed by atoms with Crippen LogP contribution in [-0.2, 0) is 0 Å². The number of nitriles is 2. The van der Waals surface area contributed by atoms with Gasteiger partial charge in [-0.2, -0.15) is 15.5 Å². The lowest BCUT2D eigenvalue weighted by Gasteiger charge is -1.92. The Hall–Kier alpha value is -2.34. The van der Waals surface area contributed by atoms with Crippen molar-refractivity contribution in [2.75, 3.05) is 0 Å². The van der Waals surface area contributed by atoms with Crippen molar-refractivity contribution >= 4 is 0 Å². The molecule has 0 atom stereocenters. The van der Waals surface area contributed by atoms with Crippen molar-refractivity contribution in [2.24, 2.45) is 0 Å². The molecule has 0 aromatic carbocycles. The third-order valence-electron chi connectivity index (χ3n) is 1.11. The van der Waals surface area contributed by atoms with Crippen molar-refractivity contribution in [1.29, 1.82) is 10.5 Å². The predicted octanol–water partition coefficient (Wildman–Crippen LogP) is -0.781. The minimum absolute atomic E-state index is 0.348. The molecule has 2 N–H and O–H groups in total. The number of aromatic amines is 1. The smallest absolute Gasteiger partial charge is 0.285 e.